The number of thiazole rings is 1. The summed E-state index contributed by atoms with van der Waals surface area (Å²) in [6.45, 7) is 0.276. The summed E-state index contributed by atoms with van der Waals surface area (Å²) in [6, 6.07) is 11.4. The highest BCUT2D eigenvalue weighted by molar-refractivity contribution is 7.22. The van der Waals surface area contributed by atoms with Gasteiger partial charge in [-0.05, 0) is 30.3 Å². The first-order chi connectivity index (χ1) is 9.78. The Kier molecular flexibility index (Phi) is 2.68. The molecule has 1 aromatic heterocycles. The van der Waals surface area contributed by atoms with E-state index in [0.717, 1.165) is 37.6 Å². The standard InChI is InChI=1S/C14H9ClN2O2S/c15-8-1-3-10-13(5-8)20-14(17-10)16-9-2-4-11-12(6-9)19-7-18-11/h1-6H,7H2,(H,16,17). The van der Waals surface area contributed by atoms with Crippen LogP contribution in [0.1, 0.15) is 0 Å². The summed E-state index contributed by atoms with van der Waals surface area (Å²) >= 11 is 7.54. The molecule has 0 aliphatic carbocycles. The molecule has 2 aromatic carbocycles. The molecule has 20 heavy (non-hydrogen) atoms. The van der Waals surface area contributed by atoms with Crippen LogP contribution in [-0.2, 0) is 0 Å². The lowest BCUT2D eigenvalue weighted by molar-refractivity contribution is 0.174. The van der Waals surface area contributed by atoms with Crippen molar-refractivity contribution in [1.82, 2.24) is 4.98 Å². The lowest BCUT2D eigenvalue weighted by Crippen LogP contribution is -1.93. The minimum Gasteiger partial charge on any atom is -0.454 e. The summed E-state index contributed by atoms with van der Waals surface area (Å²) in [5.41, 5.74) is 1.85. The number of fused-ring (bicyclic) bond motifs is 2. The van der Waals surface area contributed by atoms with Gasteiger partial charge in [0.25, 0.3) is 0 Å². The monoisotopic (exact) mass is 304 g/mol. The number of hydrogen-bond donors (Lipinski definition) is 1. The van der Waals surface area contributed by atoms with Crippen molar-refractivity contribution < 1.29 is 9.47 Å². The maximum absolute atomic E-state index is 5.98. The van der Waals surface area contributed by atoms with E-state index >= 15 is 0 Å². The predicted molar refractivity (Wildman–Crippen MR) is 80.5 cm³/mol. The van der Waals surface area contributed by atoms with Crippen LogP contribution in [0.4, 0.5) is 10.8 Å². The van der Waals surface area contributed by atoms with Gasteiger partial charge in [-0.1, -0.05) is 22.9 Å². The number of halogens is 1. The molecule has 6 heteroatoms. The first kappa shape index (κ1) is 11.8. The van der Waals surface area contributed by atoms with Gasteiger partial charge in [0.1, 0.15) is 0 Å². The molecular formula is C14H9ClN2O2S. The molecule has 0 saturated heterocycles. The maximum Gasteiger partial charge on any atom is 0.231 e. The van der Waals surface area contributed by atoms with Gasteiger partial charge in [0.2, 0.25) is 6.79 Å². The fourth-order valence-corrected chi connectivity index (χ4v) is 3.21. The van der Waals surface area contributed by atoms with Gasteiger partial charge in [-0.25, -0.2) is 4.98 Å². The average molecular weight is 305 g/mol. The third-order valence-corrected chi connectivity index (χ3v) is 4.14. The molecule has 0 spiro atoms. The van der Waals surface area contributed by atoms with Crippen molar-refractivity contribution in [3.8, 4) is 11.5 Å². The van der Waals surface area contributed by atoms with Crippen molar-refractivity contribution in [2.24, 2.45) is 0 Å². The van der Waals surface area contributed by atoms with Crippen molar-refractivity contribution in [2.45, 2.75) is 0 Å². The molecule has 100 valence electrons. The van der Waals surface area contributed by atoms with Gasteiger partial charge in [0, 0.05) is 16.8 Å². The smallest absolute Gasteiger partial charge is 0.231 e. The minimum atomic E-state index is 0.276. The SMILES string of the molecule is Clc1ccc2nc(Nc3ccc4c(c3)OCO4)sc2c1. The van der Waals surface area contributed by atoms with Gasteiger partial charge in [-0.2, -0.15) is 0 Å². The summed E-state index contributed by atoms with van der Waals surface area (Å²) in [6.07, 6.45) is 0. The van der Waals surface area contributed by atoms with E-state index in [9.17, 15) is 0 Å². The Morgan fingerprint density at radius 2 is 2.00 bits per heavy atom. The second-order valence-corrected chi connectivity index (χ2v) is 5.79. The van der Waals surface area contributed by atoms with Crippen LogP contribution in [0.3, 0.4) is 0 Å². The molecule has 0 fully saturated rings. The van der Waals surface area contributed by atoms with E-state index in [0.29, 0.717) is 0 Å². The Labute approximate surface area is 123 Å². The summed E-state index contributed by atoms with van der Waals surface area (Å²) in [4.78, 5) is 4.52. The van der Waals surface area contributed by atoms with E-state index < -0.39 is 0 Å². The summed E-state index contributed by atoms with van der Waals surface area (Å²) < 4.78 is 11.7. The zero-order valence-corrected chi connectivity index (χ0v) is 11.8. The third-order valence-electron chi connectivity index (χ3n) is 2.97. The average Bonchev–Trinajstić information content (AvgIpc) is 3.03. The van der Waals surface area contributed by atoms with Gasteiger partial charge < -0.3 is 14.8 Å². The number of nitrogens with zero attached hydrogens (tertiary/aromatic N) is 1. The molecule has 4 rings (SSSR count). The quantitative estimate of drug-likeness (QED) is 0.761. The van der Waals surface area contributed by atoms with Gasteiger partial charge in [-0.3, -0.25) is 0 Å². The highest BCUT2D eigenvalue weighted by Gasteiger charge is 2.13. The molecule has 3 aromatic rings. The van der Waals surface area contributed by atoms with Crippen molar-refractivity contribution in [2.75, 3.05) is 12.1 Å². The van der Waals surface area contributed by atoms with Crippen LogP contribution in [0, 0.1) is 0 Å². The molecule has 0 radical (unpaired) electrons. The Morgan fingerprint density at radius 3 is 2.95 bits per heavy atom. The van der Waals surface area contributed by atoms with Crippen LogP contribution in [0.2, 0.25) is 5.02 Å². The fourth-order valence-electron chi connectivity index (χ4n) is 2.05. The molecule has 0 unspecified atom stereocenters. The zero-order valence-electron chi connectivity index (χ0n) is 10.2. The molecular weight excluding hydrogens is 296 g/mol. The molecule has 4 nitrogen and oxygen atoms in total. The van der Waals surface area contributed by atoms with E-state index in [-0.39, 0.29) is 6.79 Å². The van der Waals surface area contributed by atoms with Crippen LogP contribution >= 0.6 is 22.9 Å². The Bertz CT molecular complexity index is 803. The molecule has 1 N–H and O–H groups in total. The highest BCUT2D eigenvalue weighted by Crippen LogP contribution is 2.36. The Morgan fingerprint density at radius 1 is 1.10 bits per heavy atom. The second-order valence-electron chi connectivity index (χ2n) is 4.32. The van der Waals surface area contributed by atoms with Crippen molar-refractivity contribution in [3.63, 3.8) is 0 Å². The summed E-state index contributed by atoms with van der Waals surface area (Å²) in [5, 5.41) is 4.81. The van der Waals surface area contributed by atoms with Crippen LogP contribution in [0.5, 0.6) is 11.5 Å². The summed E-state index contributed by atoms with van der Waals surface area (Å²) in [5.74, 6) is 1.52. The summed E-state index contributed by atoms with van der Waals surface area (Å²) in [7, 11) is 0. The molecule has 1 aliphatic rings. The Balaban J connectivity index is 1.66. The van der Waals surface area contributed by atoms with Crippen molar-refractivity contribution >= 4 is 44.0 Å². The van der Waals surface area contributed by atoms with Crippen LogP contribution in [0.15, 0.2) is 36.4 Å². The molecule has 0 bridgehead atoms. The van der Waals surface area contributed by atoms with Gasteiger partial charge in [0.15, 0.2) is 16.6 Å². The molecule has 0 atom stereocenters. The number of hydrogen-bond acceptors (Lipinski definition) is 5. The number of nitrogens with one attached hydrogen (secondary N) is 1. The highest BCUT2D eigenvalue weighted by atomic mass is 35.5. The number of anilines is 2. The molecule has 1 aliphatic heterocycles. The normalized spacial score (nSPS) is 12.8. The largest absolute Gasteiger partial charge is 0.454 e. The fraction of sp³-hybridized carbons (Fsp3) is 0.0714. The van der Waals surface area contributed by atoms with Crippen LogP contribution < -0.4 is 14.8 Å². The van der Waals surface area contributed by atoms with E-state index in [1.165, 1.54) is 0 Å². The zero-order chi connectivity index (χ0) is 13.5. The van der Waals surface area contributed by atoms with Crippen LogP contribution in [0.25, 0.3) is 10.2 Å². The third kappa shape index (κ3) is 2.05. The van der Waals surface area contributed by atoms with Gasteiger partial charge in [0.05, 0.1) is 10.2 Å². The van der Waals surface area contributed by atoms with Gasteiger partial charge in [-0.15, -0.1) is 0 Å². The maximum atomic E-state index is 5.98. The minimum absolute atomic E-state index is 0.276. The second kappa shape index (κ2) is 4.54. The number of ether oxygens (including phenoxy) is 2. The van der Waals surface area contributed by atoms with E-state index in [1.807, 2.05) is 36.4 Å². The van der Waals surface area contributed by atoms with Crippen molar-refractivity contribution in [1.29, 1.82) is 0 Å². The number of benzene rings is 2. The first-order valence-corrected chi connectivity index (χ1v) is 7.20. The lowest BCUT2D eigenvalue weighted by Gasteiger charge is -2.03. The van der Waals surface area contributed by atoms with E-state index in [2.05, 4.69) is 10.3 Å². The molecule has 0 amide bonds. The van der Waals surface area contributed by atoms with E-state index in [4.69, 9.17) is 21.1 Å². The lowest BCUT2D eigenvalue weighted by atomic mass is 10.3. The Hall–Kier alpha value is -1.98. The van der Waals surface area contributed by atoms with Crippen molar-refractivity contribution in [3.05, 3.63) is 41.4 Å². The van der Waals surface area contributed by atoms with Crippen LogP contribution in [-0.4, -0.2) is 11.8 Å². The van der Waals surface area contributed by atoms with E-state index in [1.54, 1.807) is 11.3 Å². The number of aromatic nitrogens is 1. The molecule has 0 saturated carbocycles. The molecule has 2 heterocycles. The first-order valence-electron chi connectivity index (χ1n) is 6.01. The topological polar surface area (TPSA) is 43.4 Å². The van der Waals surface area contributed by atoms with Gasteiger partial charge >= 0.3 is 0 Å². The predicted octanol–water partition coefficient (Wildman–Crippen LogP) is 4.42. The number of rotatable bonds is 2.